The molecule has 1 heteroatoms. The molecule has 13 rings (SSSR count). The maximum atomic E-state index is 2.50. The predicted molar refractivity (Wildman–Crippen MR) is 273 cm³/mol. The Morgan fingerprint density at radius 1 is 0.206 bits per heavy atom. The summed E-state index contributed by atoms with van der Waals surface area (Å²) in [6, 6.07) is 85.8. The maximum absolute atomic E-state index is 2.50. The average molecular weight is 862 g/mol. The SMILES string of the molecule is c1ccc(-c2ccc(-c3c4ccccc4c(-c4ccc5[se]c6c(-c7c8ccccc8c(-c8ccccc8)c8ccccc78)cccc6c5c4)c4ccccc34)c3ccccc23)cc1. The van der Waals surface area contributed by atoms with E-state index in [1.54, 1.807) is 0 Å². The number of benzene rings is 12. The number of rotatable bonds is 5. The van der Waals surface area contributed by atoms with Gasteiger partial charge in [-0.3, -0.25) is 0 Å². The van der Waals surface area contributed by atoms with Crippen LogP contribution in [0, 0.1) is 0 Å². The zero-order valence-corrected chi connectivity index (χ0v) is 36.1. The van der Waals surface area contributed by atoms with Gasteiger partial charge in [-0.25, -0.2) is 0 Å². The van der Waals surface area contributed by atoms with Gasteiger partial charge in [0.2, 0.25) is 0 Å². The van der Waals surface area contributed by atoms with E-state index in [9.17, 15) is 0 Å². The molecule has 0 spiro atoms. The molecule has 0 fully saturated rings. The Bertz CT molecular complexity index is 3840. The molecule has 0 aliphatic carbocycles. The first-order valence-corrected chi connectivity index (χ1v) is 23.5. The summed E-state index contributed by atoms with van der Waals surface area (Å²) in [5.41, 5.74) is 12.8. The summed E-state index contributed by atoms with van der Waals surface area (Å²) in [4.78, 5) is 0. The summed E-state index contributed by atoms with van der Waals surface area (Å²) in [7, 11) is 0. The van der Waals surface area contributed by atoms with Gasteiger partial charge < -0.3 is 0 Å². The first-order valence-electron chi connectivity index (χ1n) is 21.8. The van der Waals surface area contributed by atoms with Gasteiger partial charge in [-0.1, -0.05) is 36.4 Å². The van der Waals surface area contributed by atoms with Gasteiger partial charge in [-0.2, -0.15) is 0 Å². The van der Waals surface area contributed by atoms with E-state index in [0.29, 0.717) is 0 Å². The first-order chi connectivity index (χ1) is 31.3. The molecule has 0 unspecified atom stereocenters. The van der Waals surface area contributed by atoms with Crippen molar-refractivity contribution in [3.8, 4) is 55.6 Å². The molecule has 12 aromatic carbocycles. The molecule has 1 aromatic heterocycles. The van der Waals surface area contributed by atoms with E-state index in [-0.39, 0.29) is 14.5 Å². The monoisotopic (exact) mass is 862 g/mol. The van der Waals surface area contributed by atoms with Gasteiger partial charge in [-0.15, -0.1) is 0 Å². The smallest absolute Gasteiger partial charge is 0.0544 e. The molecule has 0 amide bonds. The molecule has 63 heavy (non-hydrogen) atoms. The zero-order chi connectivity index (χ0) is 41.4. The van der Waals surface area contributed by atoms with Crippen LogP contribution in [0.15, 0.2) is 231 Å². The summed E-state index contributed by atoms with van der Waals surface area (Å²) >= 11 is 0.140. The van der Waals surface area contributed by atoms with Crippen molar-refractivity contribution in [2.45, 2.75) is 0 Å². The zero-order valence-electron chi connectivity index (χ0n) is 34.3. The Morgan fingerprint density at radius 2 is 0.603 bits per heavy atom. The summed E-state index contributed by atoms with van der Waals surface area (Å²) in [6.45, 7) is 0. The Balaban J connectivity index is 1.04. The van der Waals surface area contributed by atoms with Crippen LogP contribution in [0.3, 0.4) is 0 Å². The minimum Gasteiger partial charge on any atom is -0.0617 e. The van der Waals surface area contributed by atoms with Crippen molar-refractivity contribution in [3.63, 3.8) is 0 Å². The van der Waals surface area contributed by atoms with E-state index in [0.717, 1.165) is 0 Å². The molecule has 0 aliphatic rings. The molecule has 0 bridgehead atoms. The molecule has 0 nitrogen and oxygen atoms in total. The molecule has 0 radical (unpaired) electrons. The van der Waals surface area contributed by atoms with Gasteiger partial charge >= 0.3 is 332 Å². The first kappa shape index (κ1) is 36.1. The second kappa shape index (κ2) is 14.5. The molecule has 0 saturated carbocycles. The van der Waals surface area contributed by atoms with Crippen LogP contribution in [0.4, 0.5) is 0 Å². The summed E-state index contributed by atoms with van der Waals surface area (Å²) < 4.78 is 2.91. The normalized spacial score (nSPS) is 11.8. The van der Waals surface area contributed by atoms with E-state index in [1.807, 2.05) is 0 Å². The Hall–Kier alpha value is -7.54. The summed E-state index contributed by atoms with van der Waals surface area (Å²) in [6.07, 6.45) is 0. The van der Waals surface area contributed by atoms with Gasteiger partial charge in [0.15, 0.2) is 0 Å². The van der Waals surface area contributed by atoms with Crippen molar-refractivity contribution in [3.05, 3.63) is 231 Å². The van der Waals surface area contributed by atoms with E-state index in [2.05, 4.69) is 231 Å². The van der Waals surface area contributed by atoms with E-state index >= 15 is 0 Å². The quantitative estimate of drug-likeness (QED) is 0.119. The molecule has 0 atom stereocenters. The van der Waals surface area contributed by atoms with Crippen molar-refractivity contribution < 1.29 is 0 Å². The van der Waals surface area contributed by atoms with E-state index in [1.165, 1.54) is 129 Å². The summed E-state index contributed by atoms with van der Waals surface area (Å²) in [5.74, 6) is 0. The fourth-order valence-corrected chi connectivity index (χ4v) is 13.1. The molecule has 0 saturated heterocycles. The Morgan fingerprint density at radius 3 is 1.14 bits per heavy atom. The number of hydrogen-bond acceptors (Lipinski definition) is 0. The van der Waals surface area contributed by atoms with Crippen LogP contribution in [0.2, 0.25) is 0 Å². The molecular weight excluding hydrogens is 824 g/mol. The topological polar surface area (TPSA) is 0 Å². The van der Waals surface area contributed by atoms with Gasteiger partial charge in [0, 0.05) is 0 Å². The third-order valence-electron chi connectivity index (χ3n) is 13.3. The third-order valence-corrected chi connectivity index (χ3v) is 15.8. The van der Waals surface area contributed by atoms with Crippen LogP contribution in [-0.2, 0) is 0 Å². The van der Waals surface area contributed by atoms with Crippen LogP contribution in [-0.4, -0.2) is 14.5 Å². The minimum atomic E-state index is 0.140. The van der Waals surface area contributed by atoms with Gasteiger partial charge in [-0.05, 0) is 5.56 Å². The fourth-order valence-electron chi connectivity index (χ4n) is 10.6. The molecule has 1 heterocycles. The van der Waals surface area contributed by atoms with Crippen molar-refractivity contribution in [2.75, 3.05) is 0 Å². The van der Waals surface area contributed by atoms with Crippen molar-refractivity contribution in [1.82, 2.24) is 0 Å². The van der Waals surface area contributed by atoms with E-state index < -0.39 is 0 Å². The second-order valence-corrected chi connectivity index (χ2v) is 18.8. The molecule has 0 aliphatic heterocycles. The van der Waals surface area contributed by atoms with E-state index in [4.69, 9.17) is 0 Å². The van der Waals surface area contributed by atoms with Crippen LogP contribution < -0.4 is 0 Å². The third kappa shape index (κ3) is 5.61. The van der Waals surface area contributed by atoms with Crippen LogP contribution in [0.5, 0.6) is 0 Å². The average Bonchev–Trinajstić information content (AvgIpc) is 3.73. The number of fused-ring (bicyclic) bond motifs is 8. The van der Waals surface area contributed by atoms with Gasteiger partial charge in [0.05, 0.1) is 0 Å². The van der Waals surface area contributed by atoms with Crippen LogP contribution >= 0.6 is 0 Å². The largest absolute Gasteiger partial charge is 0.0617 e. The van der Waals surface area contributed by atoms with Crippen molar-refractivity contribution in [1.29, 1.82) is 0 Å². The van der Waals surface area contributed by atoms with Crippen LogP contribution in [0.1, 0.15) is 0 Å². The van der Waals surface area contributed by atoms with Crippen LogP contribution in [0.25, 0.3) is 129 Å². The molecular formula is C62H38Se. The fraction of sp³-hybridized carbons (Fsp3) is 0. The Kier molecular flexibility index (Phi) is 8.34. The van der Waals surface area contributed by atoms with Gasteiger partial charge in [0.1, 0.15) is 0 Å². The summed E-state index contributed by atoms with van der Waals surface area (Å²) in [5, 5.41) is 15.5. The van der Waals surface area contributed by atoms with Crippen molar-refractivity contribution in [2.24, 2.45) is 0 Å². The molecule has 13 aromatic rings. The van der Waals surface area contributed by atoms with Gasteiger partial charge in [0.25, 0.3) is 0 Å². The minimum absolute atomic E-state index is 0.140. The standard InChI is InChI=1S/C62H38Se/c1-3-18-39(19-4-1)42-35-36-53(44-23-8-7-22-43(42)44)60-49-28-13-11-26-47(49)59(48-27-12-14-29-50(48)60)41-34-37-57-56(38-41)54-32-17-33-55(62(54)63-57)61-51-30-15-9-24-45(51)58(40-20-5-2-6-21-40)46-25-10-16-31-52(46)61/h1-38H. The van der Waals surface area contributed by atoms with Crippen molar-refractivity contribution >= 4 is 87.7 Å². The second-order valence-electron chi connectivity index (χ2n) is 16.6. The predicted octanol–water partition coefficient (Wildman–Crippen LogP) is 17.2. The maximum Gasteiger partial charge on any atom is -0.0544 e. The molecule has 292 valence electrons. The number of hydrogen-bond donors (Lipinski definition) is 0. The Labute approximate surface area is 371 Å². The molecule has 0 N–H and O–H groups in total.